The molecule has 3 nitrogen and oxygen atoms in total. The van der Waals surface area contributed by atoms with Crippen molar-refractivity contribution in [2.45, 2.75) is 96.9 Å². The van der Waals surface area contributed by atoms with Crippen molar-refractivity contribution in [3.05, 3.63) is 101 Å². The van der Waals surface area contributed by atoms with Crippen LogP contribution in [-0.4, -0.2) is 11.9 Å². The summed E-state index contributed by atoms with van der Waals surface area (Å²) < 4.78 is 12.9. The van der Waals surface area contributed by atoms with Crippen LogP contribution >= 0.6 is 0 Å². The molecule has 3 heteroatoms. The maximum Gasteiger partial charge on any atom is 0.132 e. The molecule has 2 fully saturated rings. The van der Waals surface area contributed by atoms with Gasteiger partial charge in [-0.3, -0.25) is 4.79 Å². The number of fused-ring (bicyclic) bond motifs is 5. The maximum atomic E-state index is 12.7. The summed E-state index contributed by atoms with van der Waals surface area (Å²) in [4.78, 5) is 12.7. The number of carbonyl (C=O) groups excluding carboxylic acids is 1. The van der Waals surface area contributed by atoms with Gasteiger partial charge >= 0.3 is 0 Å². The van der Waals surface area contributed by atoms with Crippen molar-refractivity contribution in [2.24, 2.45) is 23.2 Å². The second-order valence-corrected chi connectivity index (χ2v) is 13.1. The van der Waals surface area contributed by atoms with Gasteiger partial charge in [0.05, 0.1) is 12.7 Å². The molecule has 1 unspecified atom stereocenters. The van der Waals surface area contributed by atoms with Crippen LogP contribution in [0.2, 0.25) is 0 Å². The minimum absolute atomic E-state index is 0.171. The molecular formula is C38H46O3. The van der Waals surface area contributed by atoms with Gasteiger partial charge in [-0.2, -0.15) is 0 Å². The number of hydrogen-bond acceptors (Lipinski definition) is 3. The molecule has 216 valence electrons. The first kappa shape index (κ1) is 28.2. The van der Waals surface area contributed by atoms with Crippen LogP contribution < -0.4 is 4.74 Å². The zero-order chi connectivity index (χ0) is 28.2. The lowest BCUT2D eigenvalue weighted by atomic mass is 9.51. The van der Waals surface area contributed by atoms with Gasteiger partial charge < -0.3 is 9.47 Å². The number of hydrogen-bond donors (Lipinski definition) is 0. The van der Waals surface area contributed by atoms with E-state index in [4.69, 9.17) is 9.47 Å². The lowest BCUT2D eigenvalue weighted by molar-refractivity contribution is -0.120. The highest BCUT2D eigenvalue weighted by Crippen LogP contribution is 2.64. The van der Waals surface area contributed by atoms with Crippen LogP contribution in [0.5, 0.6) is 5.75 Å². The molecule has 41 heavy (non-hydrogen) atoms. The highest BCUT2D eigenvalue weighted by Gasteiger charge is 2.58. The monoisotopic (exact) mass is 550 g/mol. The molecule has 0 bridgehead atoms. The van der Waals surface area contributed by atoms with Crippen molar-refractivity contribution in [3.8, 4) is 5.75 Å². The first-order chi connectivity index (χ1) is 20.0. The molecule has 0 radical (unpaired) electrons. The fourth-order valence-electron chi connectivity index (χ4n) is 8.73. The van der Waals surface area contributed by atoms with Crippen LogP contribution in [0.1, 0.15) is 93.4 Å². The highest BCUT2D eigenvalue weighted by molar-refractivity contribution is 5.78. The van der Waals surface area contributed by atoms with Gasteiger partial charge in [0, 0.05) is 12.8 Å². The van der Waals surface area contributed by atoms with Crippen LogP contribution in [0, 0.1) is 23.2 Å². The largest absolute Gasteiger partial charge is 0.489 e. The van der Waals surface area contributed by atoms with E-state index in [-0.39, 0.29) is 11.5 Å². The summed E-state index contributed by atoms with van der Waals surface area (Å²) >= 11 is 0. The SMILES string of the molecule is CCCC(=O)CC[C@H]1C[C@]2(C)C(OCc3ccccc3)CC[C@H]2[C@@H]2CCc3cc(OCc4ccccc4)ccc3[C@@H]12. The molecule has 0 aromatic heterocycles. The number of benzene rings is 3. The van der Waals surface area contributed by atoms with E-state index in [1.807, 2.05) is 6.07 Å². The zero-order valence-corrected chi connectivity index (χ0v) is 24.9. The van der Waals surface area contributed by atoms with E-state index in [0.29, 0.717) is 55.5 Å². The molecule has 0 N–H and O–H groups in total. The average molecular weight is 551 g/mol. The Morgan fingerprint density at radius 2 is 1.61 bits per heavy atom. The zero-order valence-electron chi connectivity index (χ0n) is 24.9. The van der Waals surface area contributed by atoms with E-state index in [2.05, 4.69) is 86.6 Å². The molecule has 3 aromatic carbocycles. The van der Waals surface area contributed by atoms with Crippen molar-refractivity contribution < 1.29 is 14.3 Å². The van der Waals surface area contributed by atoms with Gasteiger partial charge in [0.25, 0.3) is 0 Å². The molecule has 0 amide bonds. The Balaban J connectivity index is 1.23. The molecule has 3 aliphatic rings. The van der Waals surface area contributed by atoms with Crippen molar-refractivity contribution >= 4 is 5.78 Å². The van der Waals surface area contributed by atoms with Gasteiger partial charge in [-0.15, -0.1) is 0 Å². The third-order valence-electron chi connectivity index (χ3n) is 10.6. The maximum absolute atomic E-state index is 12.7. The smallest absolute Gasteiger partial charge is 0.132 e. The van der Waals surface area contributed by atoms with Gasteiger partial charge in [-0.1, -0.05) is 80.6 Å². The molecule has 2 saturated carbocycles. The van der Waals surface area contributed by atoms with Gasteiger partial charge in [-0.25, -0.2) is 0 Å². The summed E-state index contributed by atoms with van der Waals surface area (Å²) in [7, 11) is 0. The summed E-state index contributed by atoms with van der Waals surface area (Å²) in [5.41, 5.74) is 5.60. The second kappa shape index (κ2) is 12.5. The minimum atomic E-state index is 0.171. The minimum Gasteiger partial charge on any atom is -0.489 e. The lowest BCUT2D eigenvalue weighted by Gasteiger charge is -2.54. The number of carbonyl (C=O) groups is 1. The quantitative estimate of drug-likeness (QED) is 0.239. The van der Waals surface area contributed by atoms with E-state index >= 15 is 0 Å². The van der Waals surface area contributed by atoms with Crippen LogP contribution in [0.4, 0.5) is 0 Å². The standard InChI is InChI=1S/C38H46O3/c1-3-10-31(39)17-15-30-24-38(2)35(21-22-36(38)41-26-28-13-8-5-9-14-28)34-19-16-29-23-32(18-20-33(29)37(30)34)40-25-27-11-6-4-7-12-27/h4-9,11-14,18,20,23,30,34-37H,3,10,15-17,19,21-22,24-26H2,1-2H3/t30-,34-,35-,36?,37+,38-/m0/s1. The first-order valence-corrected chi connectivity index (χ1v) is 16.0. The number of ketones is 1. The third-order valence-corrected chi connectivity index (χ3v) is 10.6. The Morgan fingerprint density at radius 3 is 2.34 bits per heavy atom. The molecule has 3 aromatic rings. The number of Topliss-reactive ketones (excluding diaryl/α,β-unsaturated/α-hetero) is 1. The van der Waals surface area contributed by atoms with Crippen molar-refractivity contribution in [1.29, 1.82) is 0 Å². The predicted molar refractivity (Wildman–Crippen MR) is 165 cm³/mol. The fraction of sp³-hybridized carbons (Fsp3) is 0.500. The van der Waals surface area contributed by atoms with E-state index < -0.39 is 0 Å². The summed E-state index contributed by atoms with van der Waals surface area (Å²) in [5, 5.41) is 0. The lowest BCUT2D eigenvalue weighted by Crippen LogP contribution is -2.48. The third kappa shape index (κ3) is 6.02. The van der Waals surface area contributed by atoms with E-state index in [1.54, 1.807) is 0 Å². The van der Waals surface area contributed by atoms with Crippen molar-refractivity contribution in [1.82, 2.24) is 0 Å². The normalized spacial score (nSPS) is 28.4. The Hall–Kier alpha value is -2.91. The summed E-state index contributed by atoms with van der Waals surface area (Å²) in [6.07, 6.45) is 9.56. The molecule has 0 spiro atoms. The topological polar surface area (TPSA) is 35.5 Å². The van der Waals surface area contributed by atoms with Crippen molar-refractivity contribution in [3.63, 3.8) is 0 Å². The number of rotatable bonds is 11. The molecule has 0 saturated heterocycles. The van der Waals surface area contributed by atoms with E-state index in [0.717, 1.165) is 37.9 Å². The van der Waals surface area contributed by atoms with E-state index in [1.165, 1.54) is 35.1 Å². The highest BCUT2D eigenvalue weighted by atomic mass is 16.5. The summed E-state index contributed by atoms with van der Waals surface area (Å²) in [6, 6.07) is 27.9. The van der Waals surface area contributed by atoms with Crippen molar-refractivity contribution in [2.75, 3.05) is 0 Å². The number of aryl methyl sites for hydroxylation is 1. The Labute approximate surface area is 246 Å². The molecule has 6 rings (SSSR count). The predicted octanol–water partition coefficient (Wildman–Crippen LogP) is 9.08. The Kier molecular flexibility index (Phi) is 8.63. The van der Waals surface area contributed by atoms with Gasteiger partial charge in [-0.05, 0) is 108 Å². The molecule has 6 atom stereocenters. The van der Waals surface area contributed by atoms with Gasteiger partial charge in [0.2, 0.25) is 0 Å². The van der Waals surface area contributed by atoms with E-state index in [9.17, 15) is 4.79 Å². The summed E-state index contributed by atoms with van der Waals surface area (Å²) in [5.74, 6) is 3.78. The Bertz CT molecular complexity index is 1300. The van der Waals surface area contributed by atoms with Crippen LogP contribution in [0.3, 0.4) is 0 Å². The first-order valence-electron chi connectivity index (χ1n) is 16.0. The molecule has 0 heterocycles. The van der Waals surface area contributed by atoms with Crippen LogP contribution in [0.15, 0.2) is 78.9 Å². The van der Waals surface area contributed by atoms with Crippen LogP contribution in [0.25, 0.3) is 0 Å². The number of ether oxygens (including phenoxy) is 2. The Morgan fingerprint density at radius 1 is 0.878 bits per heavy atom. The molecule has 3 aliphatic carbocycles. The van der Waals surface area contributed by atoms with Gasteiger partial charge in [0.1, 0.15) is 18.1 Å². The van der Waals surface area contributed by atoms with Crippen LogP contribution in [-0.2, 0) is 29.2 Å². The fourth-order valence-corrected chi connectivity index (χ4v) is 8.73. The average Bonchev–Trinajstić information content (AvgIpc) is 3.34. The molecule has 0 aliphatic heterocycles. The van der Waals surface area contributed by atoms with Gasteiger partial charge in [0.15, 0.2) is 0 Å². The second-order valence-electron chi connectivity index (χ2n) is 13.1. The molecular weight excluding hydrogens is 504 g/mol. The summed E-state index contributed by atoms with van der Waals surface area (Å²) in [6.45, 7) is 5.92.